The molecular formula is C18H15F2N5O. The van der Waals surface area contributed by atoms with Crippen molar-refractivity contribution >= 4 is 11.7 Å². The molecule has 1 amide bonds. The number of aromatic nitrogens is 4. The van der Waals surface area contributed by atoms with Crippen LogP contribution in [0, 0.1) is 18.6 Å². The van der Waals surface area contributed by atoms with Gasteiger partial charge in [0.05, 0.1) is 29.2 Å². The maximum Gasteiger partial charge on any atom is 0.237 e. The standard InChI is InChI=1S/C18H15F2N5O/c1-11-6-14(20)16(22-8-11)18(3-4-18)17(26)23-15-2-5-25(24-15)13-7-12(19)9-21-10-13/h2,5-10H,3-4H2,1H3,(H,23,24,26). The van der Waals surface area contributed by atoms with Crippen LogP contribution in [-0.2, 0) is 10.2 Å². The first-order chi connectivity index (χ1) is 12.5. The van der Waals surface area contributed by atoms with Crippen molar-refractivity contribution in [3.8, 4) is 5.69 Å². The lowest BCUT2D eigenvalue weighted by Gasteiger charge is -2.14. The fourth-order valence-electron chi connectivity index (χ4n) is 2.88. The minimum absolute atomic E-state index is 0.161. The number of nitrogens with zero attached hydrogens (tertiary/aromatic N) is 4. The van der Waals surface area contributed by atoms with E-state index in [1.54, 1.807) is 25.4 Å². The van der Waals surface area contributed by atoms with Gasteiger partial charge in [0.25, 0.3) is 0 Å². The zero-order chi connectivity index (χ0) is 18.3. The molecular weight excluding hydrogens is 340 g/mol. The van der Waals surface area contributed by atoms with E-state index in [9.17, 15) is 13.6 Å². The number of halogens is 2. The number of pyridine rings is 2. The Balaban J connectivity index is 1.55. The number of aryl methyl sites for hydroxylation is 1. The minimum Gasteiger partial charge on any atom is -0.308 e. The largest absolute Gasteiger partial charge is 0.308 e. The van der Waals surface area contributed by atoms with Crippen molar-refractivity contribution in [1.82, 2.24) is 19.7 Å². The maximum absolute atomic E-state index is 14.2. The molecule has 6 nitrogen and oxygen atoms in total. The van der Waals surface area contributed by atoms with E-state index < -0.39 is 17.0 Å². The Morgan fingerprint density at radius 2 is 2.04 bits per heavy atom. The average Bonchev–Trinajstić information content (AvgIpc) is 3.27. The molecule has 1 N–H and O–H groups in total. The van der Waals surface area contributed by atoms with E-state index in [0.29, 0.717) is 24.1 Å². The number of hydrogen-bond acceptors (Lipinski definition) is 4. The van der Waals surface area contributed by atoms with Crippen molar-refractivity contribution in [3.05, 3.63) is 65.9 Å². The number of rotatable bonds is 4. The van der Waals surface area contributed by atoms with Gasteiger partial charge in [-0.2, -0.15) is 5.10 Å². The summed E-state index contributed by atoms with van der Waals surface area (Å²) in [6, 6.07) is 4.23. The first-order valence-corrected chi connectivity index (χ1v) is 8.09. The normalized spacial score (nSPS) is 14.9. The number of carbonyl (C=O) groups is 1. The molecule has 0 spiro atoms. The molecule has 1 saturated carbocycles. The molecule has 4 rings (SSSR count). The summed E-state index contributed by atoms with van der Waals surface area (Å²) < 4.78 is 28.9. The fourth-order valence-corrected chi connectivity index (χ4v) is 2.88. The van der Waals surface area contributed by atoms with Crippen LogP contribution in [0.25, 0.3) is 5.69 Å². The zero-order valence-corrected chi connectivity index (χ0v) is 13.9. The Bertz CT molecular complexity index is 997. The third-order valence-electron chi connectivity index (χ3n) is 4.40. The van der Waals surface area contributed by atoms with E-state index >= 15 is 0 Å². The van der Waals surface area contributed by atoms with Gasteiger partial charge < -0.3 is 5.32 Å². The highest BCUT2D eigenvalue weighted by atomic mass is 19.1. The monoisotopic (exact) mass is 355 g/mol. The van der Waals surface area contributed by atoms with Crippen molar-refractivity contribution in [2.24, 2.45) is 0 Å². The zero-order valence-electron chi connectivity index (χ0n) is 13.9. The second-order valence-corrected chi connectivity index (χ2v) is 6.39. The highest BCUT2D eigenvalue weighted by molar-refractivity contribution is 6.00. The number of hydrogen-bond donors (Lipinski definition) is 1. The van der Waals surface area contributed by atoms with Crippen LogP contribution in [0.1, 0.15) is 24.1 Å². The molecule has 0 radical (unpaired) electrons. The Morgan fingerprint density at radius 3 is 2.73 bits per heavy atom. The van der Waals surface area contributed by atoms with Crippen LogP contribution in [0.4, 0.5) is 14.6 Å². The average molecular weight is 355 g/mol. The molecule has 3 heterocycles. The first kappa shape index (κ1) is 16.3. The molecule has 0 aliphatic heterocycles. The maximum atomic E-state index is 14.2. The molecule has 0 saturated heterocycles. The third-order valence-corrected chi connectivity index (χ3v) is 4.40. The van der Waals surface area contributed by atoms with Gasteiger partial charge in [-0.05, 0) is 31.4 Å². The highest BCUT2D eigenvalue weighted by Gasteiger charge is 2.54. The van der Waals surface area contributed by atoms with E-state index in [2.05, 4.69) is 20.4 Å². The van der Waals surface area contributed by atoms with E-state index in [-0.39, 0.29) is 17.4 Å². The van der Waals surface area contributed by atoms with E-state index in [0.717, 1.165) is 6.20 Å². The van der Waals surface area contributed by atoms with Gasteiger partial charge in [-0.25, -0.2) is 13.5 Å². The molecule has 0 unspecified atom stereocenters. The summed E-state index contributed by atoms with van der Waals surface area (Å²) in [6.07, 6.45) is 6.74. The lowest BCUT2D eigenvalue weighted by Crippen LogP contribution is -2.30. The summed E-state index contributed by atoms with van der Waals surface area (Å²) in [5, 5.41) is 6.90. The smallest absolute Gasteiger partial charge is 0.237 e. The summed E-state index contributed by atoms with van der Waals surface area (Å²) >= 11 is 0. The topological polar surface area (TPSA) is 72.7 Å². The second kappa shape index (κ2) is 5.98. The van der Waals surface area contributed by atoms with Gasteiger partial charge in [0.15, 0.2) is 5.82 Å². The van der Waals surface area contributed by atoms with Crippen molar-refractivity contribution in [2.45, 2.75) is 25.2 Å². The molecule has 3 aromatic rings. The summed E-state index contributed by atoms with van der Waals surface area (Å²) in [5.74, 6) is -1.02. The highest BCUT2D eigenvalue weighted by Crippen LogP contribution is 2.49. The molecule has 0 atom stereocenters. The molecule has 1 aliphatic carbocycles. The van der Waals surface area contributed by atoms with Gasteiger partial charge in [-0.15, -0.1) is 0 Å². The molecule has 132 valence electrons. The minimum atomic E-state index is -0.956. The summed E-state index contributed by atoms with van der Waals surface area (Å²) in [7, 11) is 0. The fraction of sp³-hybridized carbons (Fsp3) is 0.222. The lowest BCUT2D eigenvalue weighted by molar-refractivity contribution is -0.118. The van der Waals surface area contributed by atoms with Gasteiger partial charge in [-0.3, -0.25) is 14.8 Å². The Kier molecular flexibility index (Phi) is 3.75. The van der Waals surface area contributed by atoms with Crippen LogP contribution >= 0.6 is 0 Å². The van der Waals surface area contributed by atoms with Gasteiger partial charge in [0.2, 0.25) is 5.91 Å². The summed E-state index contributed by atoms with van der Waals surface area (Å²) in [4.78, 5) is 20.6. The van der Waals surface area contributed by atoms with Gasteiger partial charge in [0.1, 0.15) is 11.6 Å². The number of nitrogens with one attached hydrogen (secondary N) is 1. The number of carbonyl (C=O) groups excluding carboxylic acids is 1. The molecule has 26 heavy (non-hydrogen) atoms. The van der Waals surface area contributed by atoms with Crippen LogP contribution < -0.4 is 5.32 Å². The molecule has 1 fully saturated rings. The second-order valence-electron chi connectivity index (χ2n) is 6.39. The lowest BCUT2D eigenvalue weighted by atomic mass is 9.99. The Hall–Kier alpha value is -3.16. The third kappa shape index (κ3) is 2.83. The van der Waals surface area contributed by atoms with Crippen molar-refractivity contribution in [1.29, 1.82) is 0 Å². The molecule has 0 bridgehead atoms. The number of anilines is 1. The summed E-state index contributed by atoms with van der Waals surface area (Å²) in [6.45, 7) is 1.74. The molecule has 1 aliphatic rings. The van der Waals surface area contributed by atoms with Gasteiger partial charge in [-0.1, -0.05) is 0 Å². The van der Waals surface area contributed by atoms with Crippen LogP contribution in [0.2, 0.25) is 0 Å². The SMILES string of the molecule is Cc1cnc(C2(C(=O)Nc3ccn(-c4cncc(F)c4)n3)CC2)c(F)c1. The quantitative estimate of drug-likeness (QED) is 0.781. The van der Waals surface area contributed by atoms with Crippen molar-refractivity contribution in [2.75, 3.05) is 5.32 Å². The van der Waals surface area contributed by atoms with E-state index in [4.69, 9.17) is 0 Å². The van der Waals surface area contributed by atoms with Gasteiger partial charge >= 0.3 is 0 Å². The van der Waals surface area contributed by atoms with Crippen molar-refractivity contribution < 1.29 is 13.6 Å². The predicted molar refractivity (Wildman–Crippen MR) is 89.8 cm³/mol. The molecule has 0 aromatic carbocycles. The Morgan fingerprint density at radius 1 is 1.23 bits per heavy atom. The van der Waals surface area contributed by atoms with Crippen molar-refractivity contribution in [3.63, 3.8) is 0 Å². The molecule has 8 heteroatoms. The van der Waals surface area contributed by atoms with Crippen LogP contribution in [0.15, 0.2) is 43.0 Å². The molecule has 3 aromatic heterocycles. The Labute approximate surface area is 147 Å². The predicted octanol–water partition coefficient (Wildman–Crippen LogP) is 2.92. The van der Waals surface area contributed by atoms with E-state index in [1.807, 2.05) is 0 Å². The summed E-state index contributed by atoms with van der Waals surface area (Å²) in [5.41, 5.74) is 0.333. The van der Waals surface area contributed by atoms with Gasteiger partial charge in [0, 0.05) is 24.5 Å². The first-order valence-electron chi connectivity index (χ1n) is 8.09. The van der Waals surface area contributed by atoms with Crippen LogP contribution in [-0.4, -0.2) is 25.7 Å². The number of amides is 1. The van der Waals surface area contributed by atoms with E-state index in [1.165, 1.54) is 23.0 Å². The van der Waals surface area contributed by atoms with Crippen LogP contribution in [0.5, 0.6) is 0 Å². The van der Waals surface area contributed by atoms with Crippen LogP contribution in [0.3, 0.4) is 0 Å².